The van der Waals surface area contributed by atoms with Crippen molar-refractivity contribution in [2.75, 3.05) is 11.4 Å². The summed E-state index contributed by atoms with van der Waals surface area (Å²) in [6.45, 7) is 6.54. The van der Waals surface area contributed by atoms with E-state index in [-0.39, 0.29) is 5.92 Å². The molecule has 0 spiro atoms. The number of fused-ring (bicyclic) bond motifs is 1. The lowest BCUT2D eigenvalue weighted by atomic mass is 9.87. The number of aldehydes is 1. The van der Waals surface area contributed by atoms with Crippen LogP contribution in [0.25, 0.3) is 10.9 Å². The summed E-state index contributed by atoms with van der Waals surface area (Å²) in [5.41, 5.74) is 3.02. The molecule has 1 aliphatic heterocycles. The second-order valence-electron chi connectivity index (χ2n) is 8.65. The highest BCUT2D eigenvalue weighted by Crippen LogP contribution is 2.37. The van der Waals surface area contributed by atoms with E-state index in [1.807, 2.05) is 19.9 Å². The predicted octanol–water partition coefficient (Wildman–Crippen LogP) is 4.47. The van der Waals surface area contributed by atoms with Crippen LogP contribution in [0.5, 0.6) is 0 Å². The number of hydrogen-bond donors (Lipinski definition) is 1. The molecule has 2 aromatic rings. The summed E-state index contributed by atoms with van der Waals surface area (Å²) in [7, 11) is 0. The highest BCUT2D eigenvalue weighted by Gasteiger charge is 2.27. The van der Waals surface area contributed by atoms with Gasteiger partial charge in [-0.2, -0.15) is 5.10 Å². The molecule has 1 saturated carbocycles. The molecular weight excluding hydrogens is 350 g/mol. The number of hydrogen-bond acceptors (Lipinski definition) is 4. The van der Waals surface area contributed by atoms with Gasteiger partial charge in [-0.15, -0.1) is 0 Å². The fraction of sp³-hybridized carbons (Fsp3) is 0.478. The van der Waals surface area contributed by atoms with Crippen LogP contribution in [0.2, 0.25) is 0 Å². The Balaban J connectivity index is 1.74. The Morgan fingerprint density at radius 3 is 2.61 bits per heavy atom. The van der Waals surface area contributed by atoms with Gasteiger partial charge in [0.05, 0.1) is 17.2 Å². The summed E-state index contributed by atoms with van der Waals surface area (Å²) in [5.74, 6) is 0.205. The summed E-state index contributed by atoms with van der Waals surface area (Å²) >= 11 is 0. The van der Waals surface area contributed by atoms with E-state index in [1.165, 1.54) is 0 Å². The maximum atomic E-state index is 11.0. The minimum absolute atomic E-state index is 0.205. The molecule has 4 rings (SSSR count). The van der Waals surface area contributed by atoms with Crippen molar-refractivity contribution in [2.45, 2.75) is 58.1 Å². The van der Waals surface area contributed by atoms with Gasteiger partial charge in [0.25, 0.3) is 0 Å². The van der Waals surface area contributed by atoms with Crippen molar-refractivity contribution in [3.63, 3.8) is 0 Å². The molecule has 1 aromatic heterocycles. The van der Waals surface area contributed by atoms with Gasteiger partial charge in [-0.1, -0.05) is 12.2 Å². The van der Waals surface area contributed by atoms with Gasteiger partial charge < -0.3 is 14.8 Å². The number of nitrogens with zero attached hydrogens (tertiary/aromatic N) is 3. The van der Waals surface area contributed by atoms with Gasteiger partial charge >= 0.3 is 0 Å². The van der Waals surface area contributed by atoms with Crippen LogP contribution in [0.3, 0.4) is 0 Å². The highest BCUT2D eigenvalue weighted by molar-refractivity contribution is 5.85. The van der Waals surface area contributed by atoms with Crippen LogP contribution in [0.15, 0.2) is 42.3 Å². The Labute approximate surface area is 166 Å². The first-order valence-electron chi connectivity index (χ1n) is 10.2. The van der Waals surface area contributed by atoms with Crippen molar-refractivity contribution in [2.24, 2.45) is 5.92 Å². The third kappa shape index (κ3) is 3.51. The molecule has 28 heavy (non-hydrogen) atoms. The van der Waals surface area contributed by atoms with Crippen molar-refractivity contribution in [1.82, 2.24) is 9.78 Å². The zero-order chi connectivity index (χ0) is 19.9. The molecule has 5 heteroatoms. The number of allylic oxidation sites excluding steroid dienone is 3. The summed E-state index contributed by atoms with van der Waals surface area (Å²) in [5, 5.41) is 16.7. The van der Waals surface area contributed by atoms with Gasteiger partial charge in [0.1, 0.15) is 6.29 Å². The molecule has 5 nitrogen and oxygen atoms in total. The number of aliphatic hydroxyl groups is 1. The largest absolute Gasteiger partial charge is 0.386 e. The zero-order valence-corrected chi connectivity index (χ0v) is 16.9. The molecule has 2 aliphatic rings. The Morgan fingerprint density at radius 2 is 1.96 bits per heavy atom. The normalized spacial score (nSPS) is 23.1. The Morgan fingerprint density at radius 1 is 1.21 bits per heavy atom. The van der Waals surface area contributed by atoms with Crippen LogP contribution < -0.4 is 4.90 Å². The molecule has 1 N–H and O–H groups in total. The number of rotatable bonds is 4. The second-order valence-corrected chi connectivity index (χ2v) is 8.65. The second kappa shape index (κ2) is 7.21. The van der Waals surface area contributed by atoms with Crippen LogP contribution in [0, 0.1) is 5.92 Å². The number of aromatic nitrogens is 2. The molecular formula is C23H29N3O2. The number of anilines is 1. The smallest absolute Gasteiger partial charge is 0.123 e. The highest BCUT2D eigenvalue weighted by atomic mass is 16.3. The maximum Gasteiger partial charge on any atom is 0.123 e. The zero-order valence-electron chi connectivity index (χ0n) is 16.9. The molecule has 1 fully saturated rings. The average molecular weight is 380 g/mol. The number of carbonyl (C=O) groups excluding carboxylic acids is 1. The van der Waals surface area contributed by atoms with Crippen molar-refractivity contribution < 1.29 is 9.90 Å². The molecule has 0 atom stereocenters. The van der Waals surface area contributed by atoms with E-state index in [1.54, 1.807) is 0 Å². The first-order chi connectivity index (χ1) is 13.4. The lowest BCUT2D eigenvalue weighted by Crippen LogP contribution is -2.27. The number of carbonyl (C=O) groups is 1. The molecule has 2 heterocycles. The van der Waals surface area contributed by atoms with Crippen LogP contribution in [0.1, 0.15) is 58.1 Å². The Kier molecular flexibility index (Phi) is 4.88. The molecule has 0 amide bonds. The van der Waals surface area contributed by atoms with Crippen LogP contribution in [0.4, 0.5) is 5.69 Å². The van der Waals surface area contributed by atoms with Crippen molar-refractivity contribution >= 4 is 22.9 Å². The first-order valence-corrected chi connectivity index (χ1v) is 10.2. The minimum atomic E-state index is -0.962. The van der Waals surface area contributed by atoms with E-state index in [2.05, 4.69) is 47.0 Å². The summed E-state index contributed by atoms with van der Waals surface area (Å²) in [4.78, 5) is 13.3. The molecule has 0 radical (unpaired) electrons. The Bertz CT molecular complexity index is 941. The molecule has 148 valence electrons. The third-order valence-corrected chi connectivity index (χ3v) is 6.08. The van der Waals surface area contributed by atoms with Crippen LogP contribution >= 0.6 is 0 Å². The number of benzene rings is 1. The van der Waals surface area contributed by atoms with Gasteiger partial charge in [0, 0.05) is 41.0 Å². The van der Waals surface area contributed by atoms with Crippen LogP contribution in [-0.4, -0.2) is 27.7 Å². The van der Waals surface area contributed by atoms with Crippen molar-refractivity contribution in [1.29, 1.82) is 0 Å². The molecule has 1 aliphatic carbocycles. The first kappa shape index (κ1) is 18.9. The van der Waals surface area contributed by atoms with Gasteiger partial charge in [-0.25, -0.2) is 0 Å². The predicted molar refractivity (Wildman–Crippen MR) is 112 cm³/mol. The standard InChI is InChI=1S/C23H29N3O2/c1-16-6-4-5-11-25(16)22-12-18-14-26(19-9-7-17(15-27)8-10-19)24-21(18)13-20(22)23(2,3)28/h4-6,12-15,17,19,28H,7-11H2,1-3H3. The van der Waals surface area contributed by atoms with E-state index in [0.717, 1.165) is 66.4 Å². The SMILES string of the molecule is CC1=CC=CCN1c1cc2cn(C3CCC(C=O)CC3)nc2cc1C(C)(C)O. The van der Waals surface area contributed by atoms with Crippen molar-refractivity contribution in [3.8, 4) is 0 Å². The van der Waals surface area contributed by atoms with Gasteiger partial charge in [0.2, 0.25) is 0 Å². The summed E-state index contributed by atoms with van der Waals surface area (Å²) in [6, 6.07) is 4.53. The van der Waals surface area contributed by atoms with Crippen molar-refractivity contribution in [3.05, 3.63) is 47.8 Å². The van der Waals surface area contributed by atoms with Gasteiger partial charge in [0.15, 0.2) is 0 Å². The monoisotopic (exact) mass is 379 g/mol. The minimum Gasteiger partial charge on any atom is -0.386 e. The van der Waals surface area contributed by atoms with E-state index in [0.29, 0.717) is 6.04 Å². The lowest BCUT2D eigenvalue weighted by Gasteiger charge is -2.32. The van der Waals surface area contributed by atoms with E-state index >= 15 is 0 Å². The fourth-order valence-electron chi connectivity index (χ4n) is 4.38. The summed E-state index contributed by atoms with van der Waals surface area (Å²) < 4.78 is 2.07. The quantitative estimate of drug-likeness (QED) is 0.796. The fourth-order valence-corrected chi connectivity index (χ4v) is 4.38. The molecule has 0 unspecified atom stereocenters. The van der Waals surface area contributed by atoms with E-state index in [9.17, 15) is 9.90 Å². The van der Waals surface area contributed by atoms with E-state index < -0.39 is 5.60 Å². The molecule has 1 aromatic carbocycles. The summed E-state index contributed by atoms with van der Waals surface area (Å²) in [6.07, 6.45) is 13.4. The van der Waals surface area contributed by atoms with E-state index in [4.69, 9.17) is 5.10 Å². The maximum absolute atomic E-state index is 11.0. The van der Waals surface area contributed by atoms with Gasteiger partial charge in [-0.3, -0.25) is 4.68 Å². The topological polar surface area (TPSA) is 58.4 Å². The molecule has 0 saturated heterocycles. The Hall–Kier alpha value is -2.40. The average Bonchev–Trinajstić information content (AvgIpc) is 3.10. The molecule has 0 bridgehead atoms. The van der Waals surface area contributed by atoms with Crippen LogP contribution in [-0.2, 0) is 10.4 Å². The third-order valence-electron chi connectivity index (χ3n) is 6.08. The van der Waals surface area contributed by atoms with Gasteiger partial charge in [-0.05, 0) is 64.7 Å². The lowest BCUT2D eigenvalue weighted by molar-refractivity contribution is -0.112.